The number of benzene rings is 2. The van der Waals surface area contributed by atoms with Gasteiger partial charge in [-0.25, -0.2) is 4.98 Å². The van der Waals surface area contributed by atoms with E-state index in [1.807, 2.05) is 61.5 Å². The van der Waals surface area contributed by atoms with Gasteiger partial charge in [-0.15, -0.1) is 0 Å². The molecule has 0 saturated carbocycles. The average Bonchev–Trinajstić information content (AvgIpc) is 2.70. The molecule has 0 atom stereocenters. The number of rotatable bonds is 6. The van der Waals surface area contributed by atoms with Crippen LogP contribution >= 0.6 is 0 Å². The first-order valence-corrected chi connectivity index (χ1v) is 9.04. The Labute approximate surface area is 164 Å². The Hall–Kier alpha value is -3.67. The molecule has 0 bridgehead atoms. The summed E-state index contributed by atoms with van der Waals surface area (Å²) in [4.78, 5) is 30.1. The Morgan fingerprint density at radius 3 is 2.36 bits per heavy atom. The highest BCUT2D eigenvalue weighted by Crippen LogP contribution is 2.20. The zero-order valence-corrected chi connectivity index (χ0v) is 15.8. The molecule has 142 valence electrons. The molecule has 3 aromatic rings. The van der Waals surface area contributed by atoms with Crippen molar-refractivity contribution in [3.05, 3.63) is 78.5 Å². The monoisotopic (exact) mass is 374 g/mol. The fourth-order valence-corrected chi connectivity index (χ4v) is 2.83. The van der Waals surface area contributed by atoms with E-state index < -0.39 is 0 Å². The van der Waals surface area contributed by atoms with E-state index in [-0.39, 0.29) is 11.8 Å². The molecule has 0 spiro atoms. The molecule has 0 saturated heterocycles. The average molecular weight is 374 g/mol. The van der Waals surface area contributed by atoms with Gasteiger partial charge in [0.25, 0.3) is 5.91 Å². The summed E-state index contributed by atoms with van der Waals surface area (Å²) in [6.07, 6.45) is 1.56. The van der Waals surface area contributed by atoms with Gasteiger partial charge in [0, 0.05) is 36.7 Å². The van der Waals surface area contributed by atoms with Crippen LogP contribution in [0.15, 0.2) is 72.9 Å². The minimum absolute atomic E-state index is 0.0968. The normalized spacial score (nSPS) is 10.2. The van der Waals surface area contributed by atoms with Gasteiger partial charge in [-0.2, -0.15) is 0 Å². The van der Waals surface area contributed by atoms with Gasteiger partial charge in [0.1, 0.15) is 5.82 Å². The number of carbonyl (C=O) groups excluding carboxylic acids is 2. The molecule has 1 aromatic heterocycles. The van der Waals surface area contributed by atoms with Gasteiger partial charge < -0.3 is 15.5 Å². The lowest BCUT2D eigenvalue weighted by atomic mass is 10.2. The molecule has 0 aliphatic rings. The largest absolute Gasteiger partial charge is 0.340 e. The first kappa shape index (κ1) is 19.1. The summed E-state index contributed by atoms with van der Waals surface area (Å²) >= 11 is 0. The summed E-state index contributed by atoms with van der Waals surface area (Å²) in [7, 11) is 0. The molecule has 2 aromatic carbocycles. The molecule has 2 N–H and O–H groups in total. The number of para-hydroxylation sites is 1. The summed E-state index contributed by atoms with van der Waals surface area (Å²) in [6, 6.07) is 20.4. The van der Waals surface area contributed by atoms with Gasteiger partial charge in [-0.1, -0.05) is 24.3 Å². The van der Waals surface area contributed by atoms with Crippen LogP contribution in [0.1, 0.15) is 24.2 Å². The molecule has 0 radical (unpaired) electrons. The number of nitrogens with zero attached hydrogens (tertiary/aromatic N) is 2. The lowest BCUT2D eigenvalue weighted by molar-refractivity contribution is -0.114. The number of hydrogen-bond acceptors (Lipinski definition) is 4. The third-order valence-electron chi connectivity index (χ3n) is 4.10. The van der Waals surface area contributed by atoms with E-state index in [1.54, 1.807) is 23.2 Å². The minimum Gasteiger partial charge on any atom is -0.340 e. The standard InChI is InChI=1S/C22H22N4O2/c1-3-26(20-10-5-4-6-11-20)22(28)17-12-13-21(23-15-17)25-19-9-7-8-18(14-19)24-16(2)27/h4-15H,3H2,1-2H3,(H,23,25)(H,24,27). The maximum absolute atomic E-state index is 12.8. The molecule has 0 fully saturated rings. The van der Waals surface area contributed by atoms with Crippen molar-refractivity contribution in [3.8, 4) is 0 Å². The predicted octanol–water partition coefficient (Wildman–Crippen LogP) is 4.45. The van der Waals surface area contributed by atoms with Crippen LogP contribution in [0.4, 0.5) is 22.9 Å². The molecule has 6 heteroatoms. The summed E-state index contributed by atoms with van der Waals surface area (Å²) in [5, 5.41) is 5.91. The number of pyridine rings is 1. The van der Waals surface area contributed by atoms with Crippen molar-refractivity contribution in [3.63, 3.8) is 0 Å². The Morgan fingerprint density at radius 1 is 0.964 bits per heavy atom. The SMILES string of the molecule is CCN(C(=O)c1ccc(Nc2cccc(NC(C)=O)c2)nc1)c1ccccc1. The minimum atomic E-state index is -0.128. The maximum atomic E-state index is 12.8. The Balaban J connectivity index is 1.73. The van der Waals surface area contributed by atoms with Crippen LogP contribution in [0.3, 0.4) is 0 Å². The number of nitrogens with one attached hydrogen (secondary N) is 2. The van der Waals surface area contributed by atoms with Gasteiger partial charge in [0.05, 0.1) is 5.56 Å². The first-order valence-electron chi connectivity index (χ1n) is 9.04. The van der Waals surface area contributed by atoms with Gasteiger partial charge in [-0.3, -0.25) is 9.59 Å². The molecule has 0 unspecified atom stereocenters. The lowest BCUT2D eigenvalue weighted by Gasteiger charge is -2.21. The Bertz CT molecular complexity index is 956. The van der Waals surface area contributed by atoms with Crippen LogP contribution in [-0.4, -0.2) is 23.3 Å². The zero-order valence-electron chi connectivity index (χ0n) is 15.8. The smallest absolute Gasteiger partial charge is 0.259 e. The summed E-state index contributed by atoms with van der Waals surface area (Å²) in [5.74, 6) is 0.386. The van der Waals surface area contributed by atoms with Crippen LogP contribution < -0.4 is 15.5 Å². The van der Waals surface area contributed by atoms with Crippen LogP contribution in [0, 0.1) is 0 Å². The van der Waals surface area contributed by atoms with Crippen molar-refractivity contribution in [2.75, 3.05) is 22.1 Å². The predicted molar refractivity (Wildman–Crippen MR) is 112 cm³/mol. The highest BCUT2D eigenvalue weighted by Gasteiger charge is 2.16. The van der Waals surface area contributed by atoms with Crippen LogP contribution in [0.5, 0.6) is 0 Å². The summed E-state index contributed by atoms with van der Waals surface area (Å²) < 4.78 is 0. The summed E-state index contributed by atoms with van der Waals surface area (Å²) in [5.41, 5.74) is 2.86. The Kier molecular flexibility index (Phi) is 6.01. The van der Waals surface area contributed by atoms with Gasteiger partial charge in [0.2, 0.25) is 5.91 Å². The molecular formula is C22H22N4O2. The van der Waals surface area contributed by atoms with Crippen LogP contribution in [0.2, 0.25) is 0 Å². The molecular weight excluding hydrogens is 352 g/mol. The van der Waals surface area contributed by atoms with Gasteiger partial charge in [-0.05, 0) is 49.4 Å². The van der Waals surface area contributed by atoms with E-state index in [4.69, 9.17) is 0 Å². The van der Waals surface area contributed by atoms with Crippen LogP contribution in [-0.2, 0) is 4.79 Å². The fourth-order valence-electron chi connectivity index (χ4n) is 2.83. The van der Waals surface area contributed by atoms with E-state index in [0.29, 0.717) is 23.6 Å². The molecule has 6 nitrogen and oxygen atoms in total. The van der Waals surface area contributed by atoms with Crippen molar-refractivity contribution >= 4 is 34.7 Å². The van der Waals surface area contributed by atoms with E-state index in [9.17, 15) is 9.59 Å². The number of hydrogen-bond donors (Lipinski definition) is 2. The number of anilines is 4. The van der Waals surface area contributed by atoms with E-state index >= 15 is 0 Å². The fraction of sp³-hybridized carbons (Fsp3) is 0.136. The highest BCUT2D eigenvalue weighted by molar-refractivity contribution is 6.06. The molecule has 2 amide bonds. The zero-order chi connectivity index (χ0) is 19.9. The van der Waals surface area contributed by atoms with Gasteiger partial charge in [0.15, 0.2) is 0 Å². The van der Waals surface area contributed by atoms with Crippen molar-refractivity contribution in [1.82, 2.24) is 4.98 Å². The number of amides is 2. The molecule has 1 heterocycles. The lowest BCUT2D eigenvalue weighted by Crippen LogP contribution is -2.30. The molecule has 0 aliphatic heterocycles. The highest BCUT2D eigenvalue weighted by atomic mass is 16.2. The third kappa shape index (κ3) is 4.73. The number of aromatic nitrogens is 1. The van der Waals surface area contributed by atoms with Crippen molar-refractivity contribution < 1.29 is 9.59 Å². The first-order chi connectivity index (χ1) is 13.6. The quantitative estimate of drug-likeness (QED) is 0.668. The second-order valence-corrected chi connectivity index (χ2v) is 6.20. The maximum Gasteiger partial charge on any atom is 0.259 e. The summed E-state index contributed by atoms with van der Waals surface area (Å²) in [6.45, 7) is 3.97. The molecule has 0 aliphatic carbocycles. The Morgan fingerprint density at radius 2 is 1.71 bits per heavy atom. The topological polar surface area (TPSA) is 74.3 Å². The van der Waals surface area contributed by atoms with E-state index in [2.05, 4.69) is 15.6 Å². The van der Waals surface area contributed by atoms with Crippen LogP contribution in [0.25, 0.3) is 0 Å². The van der Waals surface area contributed by atoms with Crippen molar-refractivity contribution in [1.29, 1.82) is 0 Å². The van der Waals surface area contributed by atoms with Crippen molar-refractivity contribution in [2.24, 2.45) is 0 Å². The third-order valence-corrected chi connectivity index (χ3v) is 4.10. The van der Waals surface area contributed by atoms with E-state index in [1.165, 1.54) is 6.92 Å². The van der Waals surface area contributed by atoms with Crippen molar-refractivity contribution in [2.45, 2.75) is 13.8 Å². The molecule has 28 heavy (non-hydrogen) atoms. The van der Waals surface area contributed by atoms with Gasteiger partial charge >= 0.3 is 0 Å². The number of carbonyl (C=O) groups is 2. The second kappa shape index (κ2) is 8.81. The van der Waals surface area contributed by atoms with E-state index in [0.717, 1.165) is 11.4 Å². The molecule has 3 rings (SSSR count). The second-order valence-electron chi connectivity index (χ2n) is 6.20.